The summed E-state index contributed by atoms with van der Waals surface area (Å²) in [6.45, 7) is 4.87. The first kappa shape index (κ1) is 20.2. The molecule has 0 fully saturated rings. The van der Waals surface area contributed by atoms with Crippen LogP contribution in [0, 0.1) is 5.92 Å². The molecule has 1 amide bonds. The maximum absolute atomic E-state index is 11.7. The van der Waals surface area contributed by atoms with Crippen LogP contribution in [0.3, 0.4) is 0 Å². The molecule has 0 aliphatic rings. The molecule has 0 aromatic carbocycles. The van der Waals surface area contributed by atoms with Crippen molar-refractivity contribution in [2.45, 2.75) is 84.4 Å². The topological polar surface area (TPSA) is 46.2 Å². The van der Waals surface area contributed by atoms with Crippen molar-refractivity contribution >= 4 is 19.4 Å². The second kappa shape index (κ2) is 15.6. The Bertz CT molecular complexity index is 259. The summed E-state index contributed by atoms with van der Waals surface area (Å²) in [5, 5.41) is 2.94. The van der Waals surface area contributed by atoms with Crippen LogP contribution in [0.2, 0.25) is 6.32 Å². The fourth-order valence-corrected chi connectivity index (χ4v) is 2.36. The summed E-state index contributed by atoms with van der Waals surface area (Å²) >= 11 is 0. The lowest BCUT2D eigenvalue weighted by molar-refractivity contribution is -0.123. The highest BCUT2D eigenvalue weighted by molar-refractivity contribution is 6.66. The Labute approximate surface area is 131 Å². The Morgan fingerprint density at radius 1 is 1.00 bits per heavy atom. The van der Waals surface area contributed by atoms with Crippen LogP contribution in [0.25, 0.3) is 0 Å². The van der Waals surface area contributed by atoms with E-state index in [1.807, 2.05) is 6.92 Å². The second-order valence-corrected chi connectivity index (χ2v) is 5.98. The van der Waals surface area contributed by atoms with E-state index in [0.29, 0.717) is 6.32 Å². The lowest BCUT2D eigenvalue weighted by Gasteiger charge is -2.10. The van der Waals surface area contributed by atoms with Gasteiger partial charge in [0.25, 0.3) is 0 Å². The zero-order valence-corrected chi connectivity index (χ0v) is 14.0. The van der Waals surface area contributed by atoms with Crippen molar-refractivity contribution in [1.29, 1.82) is 0 Å². The quantitative estimate of drug-likeness (QED) is 0.282. The van der Waals surface area contributed by atoms with Crippen molar-refractivity contribution in [3.63, 3.8) is 0 Å². The van der Waals surface area contributed by atoms with Gasteiger partial charge >= 0.3 is 0 Å². The summed E-state index contributed by atoms with van der Waals surface area (Å²) < 4.78 is 0. The Hall–Kier alpha value is -0.795. The molecule has 21 heavy (non-hydrogen) atoms. The molecule has 0 heterocycles. The lowest BCUT2D eigenvalue weighted by Crippen LogP contribution is -2.30. The average molecular weight is 294 g/mol. The maximum atomic E-state index is 11.7. The van der Waals surface area contributed by atoms with E-state index >= 15 is 0 Å². The Morgan fingerprint density at radius 3 is 2.05 bits per heavy atom. The first-order chi connectivity index (χ1) is 10.2. The van der Waals surface area contributed by atoms with E-state index in [2.05, 4.69) is 12.2 Å². The van der Waals surface area contributed by atoms with Gasteiger partial charge in [0, 0.05) is 12.5 Å². The third kappa shape index (κ3) is 13.9. The molecule has 1 atom stereocenters. The third-order valence-electron chi connectivity index (χ3n) is 3.86. The molecular weight excluding hydrogens is 261 g/mol. The van der Waals surface area contributed by atoms with Crippen LogP contribution in [-0.4, -0.2) is 25.9 Å². The largest absolute Gasteiger partial charge is 0.356 e. The number of rotatable bonds is 15. The van der Waals surface area contributed by atoms with Gasteiger partial charge in [-0.2, -0.15) is 0 Å². The van der Waals surface area contributed by atoms with Gasteiger partial charge in [0.2, 0.25) is 5.91 Å². The Morgan fingerprint density at radius 2 is 1.52 bits per heavy atom. The van der Waals surface area contributed by atoms with Crippen molar-refractivity contribution < 1.29 is 9.59 Å². The third-order valence-corrected chi connectivity index (χ3v) is 3.86. The van der Waals surface area contributed by atoms with Gasteiger partial charge in [0.1, 0.15) is 0 Å². The van der Waals surface area contributed by atoms with Crippen LogP contribution in [0.5, 0.6) is 0 Å². The highest BCUT2D eigenvalue weighted by Gasteiger charge is 2.11. The number of unbranched alkanes of at least 4 members (excludes halogenated alkanes) is 9. The molecule has 0 spiro atoms. The maximum Gasteiger partial charge on any atom is 0.222 e. The van der Waals surface area contributed by atoms with Crippen LogP contribution in [0.4, 0.5) is 0 Å². The molecule has 0 rings (SSSR count). The van der Waals surface area contributed by atoms with Crippen LogP contribution in [0.15, 0.2) is 0 Å². The number of nitrogens with one attached hydrogen (secondary N) is 1. The van der Waals surface area contributed by atoms with Gasteiger partial charge in [-0.25, -0.2) is 0 Å². The highest BCUT2D eigenvalue weighted by Crippen LogP contribution is 2.10. The van der Waals surface area contributed by atoms with E-state index in [1.165, 1.54) is 65.1 Å². The van der Waals surface area contributed by atoms with E-state index in [4.69, 9.17) is 0 Å². The van der Waals surface area contributed by atoms with Crippen LogP contribution >= 0.6 is 0 Å². The fraction of sp³-hybridized carbons (Fsp3) is 0.882. The minimum Gasteiger partial charge on any atom is -0.356 e. The molecule has 3 nitrogen and oxygen atoms in total. The smallest absolute Gasteiger partial charge is 0.222 e. The van der Waals surface area contributed by atoms with Gasteiger partial charge in [0.15, 0.2) is 7.28 Å². The minimum absolute atomic E-state index is 0.0593. The van der Waals surface area contributed by atoms with Crippen LogP contribution in [-0.2, 0) is 9.59 Å². The normalized spacial score (nSPS) is 11.9. The summed E-state index contributed by atoms with van der Waals surface area (Å²) in [7, 11) is 1.50. The molecule has 0 bridgehead atoms. The number of hydrogen-bond donors (Lipinski definition) is 1. The molecule has 1 N–H and O–H groups in total. The lowest BCUT2D eigenvalue weighted by atomic mass is 9.72. The summed E-state index contributed by atoms with van der Waals surface area (Å²) in [6.07, 6.45) is 14.4. The van der Waals surface area contributed by atoms with E-state index in [1.54, 1.807) is 0 Å². The molecule has 0 aromatic rings. The monoisotopic (exact) mass is 294 g/mol. The number of hydrogen-bond acceptors (Lipinski definition) is 2. The summed E-state index contributed by atoms with van der Waals surface area (Å²) in [5.41, 5.74) is 0. The first-order valence-corrected chi connectivity index (χ1v) is 8.77. The molecular formula is C17H33BNO2. The minimum atomic E-state index is -0.0988. The van der Waals surface area contributed by atoms with Gasteiger partial charge in [-0.15, -0.1) is 0 Å². The highest BCUT2D eigenvalue weighted by atomic mass is 16.1. The van der Waals surface area contributed by atoms with Gasteiger partial charge < -0.3 is 10.1 Å². The van der Waals surface area contributed by atoms with E-state index < -0.39 is 0 Å². The molecule has 121 valence electrons. The number of carbonyl (C=O) groups excluding carboxylic acids is 2. The zero-order chi connectivity index (χ0) is 15.8. The Kier molecular flexibility index (Phi) is 15.0. The molecule has 0 aromatic heterocycles. The van der Waals surface area contributed by atoms with Gasteiger partial charge in [-0.1, -0.05) is 78.0 Å². The van der Waals surface area contributed by atoms with Crippen molar-refractivity contribution in [3.8, 4) is 0 Å². The summed E-state index contributed by atoms with van der Waals surface area (Å²) in [6, 6.07) is 0. The molecule has 0 saturated heterocycles. The predicted molar refractivity (Wildman–Crippen MR) is 91.3 cm³/mol. The second-order valence-electron chi connectivity index (χ2n) is 5.98. The van der Waals surface area contributed by atoms with Crippen molar-refractivity contribution in [1.82, 2.24) is 5.32 Å². The summed E-state index contributed by atoms with van der Waals surface area (Å²) in [4.78, 5) is 21.9. The van der Waals surface area contributed by atoms with Crippen molar-refractivity contribution in [2.24, 2.45) is 5.92 Å². The molecule has 4 heteroatoms. The number of carbonyl (C=O) groups is 2. The van der Waals surface area contributed by atoms with E-state index in [0.717, 1.165) is 19.2 Å². The van der Waals surface area contributed by atoms with Gasteiger partial charge in [0.05, 0.1) is 6.19 Å². The van der Waals surface area contributed by atoms with Crippen LogP contribution < -0.4 is 5.32 Å². The molecule has 0 unspecified atom stereocenters. The van der Waals surface area contributed by atoms with E-state index in [-0.39, 0.29) is 11.8 Å². The standard InChI is InChI=1S/C17H33BNO2/c1-3-4-5-6-7-8-9-10-11-12-13-19-17(21)16(2)14-18-15-20/h15-16H,3-14H2,1-2H3,(H,19,21)/t16-/m1/s1. The predicted octanol–water partition coefficient (Wildman–Crippen LogP) is 3.97. The number of amides is 1. The van der Waals surface area contributed by atoms with Crippen molar-refractivity contribution in [2.75, 3.05) is 6.54 Å². The van der Waals surface area contributed by atoms with E-state index in [9.17, 15) is 9.59 Å². The Balaban J connectivity index is 3.24. The zero-order valence-electron chi connectivity index (χ0n) is 14.0. The average Bonchev–Trinajstić information content (AvgIpc) is 2.49. The molecule has 0 saturated carbocycles. The van der Waals surface area contributed by atoms with Gasteiger partial charge in [-0.05, 0) is 6.42 Å². The van der Waals surface area contributed by atoms with Crippen LogP contribution in [0.1, 0.15) is 78.1 Å². The first-order valence-electron chi connectivity index (χ1n) is 8.77. The summed E-state index contributed by atoms with van der Waals surface area (Å²) in [5.74, 6) is -0.0395. The van der Waals surface area contributed by atoms with Gasteiger partial charge in [-0.3, -0.25) is 4.79 Å². The molecule has 0 aliphatic heterocycles. The molecule has 0 aliphatic carbocycles. The fourth-order valence-electron chi connectivity index (χ4n) is 2.36. The SMILES string of the molecule is CCCCCCCCCCCCNC(=O)[C@H](C)C[B]C=O. The molecule has 1 radical (unpaired) electrons. The van der Waals surface area contributed by atoms with Crippen molar-refractivity contribution in [3.05, 3.63) is 0 Å².